The van der Waals surface area contributed by atoms with Crippen molar-refractivity contribution in [2.24, 2.45) is 5.92 Å². The standard InChI is InChI=1S/C10H21NO2/c1-8(2)6-7-11(4)10(12)9(3)13-5/h8-9H,6-7H2,1-5H3. The predicted octanol–water partition coefficient (Wildman–Crippen LogP) is 1.53. The van der Waals surface area contributed by atoms with Gasteiger partial charge in [0.1, 0.15) is 6.10 Å². The zero-order valence-electron chi connectivity index (χ0n) is 9.33. The van der Waals surface area contributed by atoms with Crippen LogP contribution in [0.25, 0.3) is 0 Å². The molecule has 0 saturated heterocycles. The van der Waals surface area contributed by atoms with Crippen molar-refractivity contribution in [1.29, 1.82) is 0 Å². The van der Waals surface area contributed by atoms with E-state index in [9.17, 15) is 4.79 Å². The zero-order chi connectivity index (χ0) is 10.4. The Balaban J connectivity index is 3.82. The second-order valence-electron chi connectivity index (χ2n) is 3.82. The Morgan fingerprint density at radius 1 is 1.38 bits per heavy atom. The molecule has 0 saturated carbocycles. The summed E-state index contributed by atoms with van der Waals surface area (Å²) in [5.41, 5.74) is 0. The van der Waals surface area contributed by atoms with Crippen molar-refractivity contribution in [3.05, 3.63) is 0 Å². The van der Waals surface area contributed by atoms with Crippen molar-refractivity contribution in [1.82, 2.24) is 4.90 Å². The maximum atomic E-state index is 11.5. The van der Waals surface area contributed by atoms with Crippen LogP contribution in [0.2, 0.25) is 0 Å². The minimum absolute atomic E-state index is 0.0585. The maximum absolute atomic E-state index is 11.5. The van der Waals surface area contributed by atoms with Crippen LogP contribution in [0.4, 0.5) is 0 Å². The summed E-state index contributed by atoms with van der Waals surface area (Å²) in [5.74, 6) is 0.691. The van der Waals surface area contributed by atoms with Gasteiger partial charge in [-0.25, -0.2) is 0 Å². The Kier molecular flexibility index (Phi) is 5.71. The minimum atomic E-state index is -0.322. The molecular formula is C10H21NO2. The molecule has 0 aromatic heterocycles. The lowest BCUT2D eigenvalue weighted by Gasteiger charge is -2.21. The molecule has 0 spiro atoms. The predicted molar refractivity (Wildman–Crippen MR) is 53.6 cm³/mol. The van der Waals surface area contributed by atoms with Crippen molar-refractivity contribution in [2.75, 3.05) is 20.7 Å². The number of hydrogen-bond donors (Lipinski definition) is 0. The topological polar surface area (TPSA) is 29.5 Å². The Bertz CT molecular complexity index is 157. The molecule has 0 aromatic rings. The molecule has 0 N–H and O–H groups in total. The lowest BCUT2D eigenvalue weighted by molar-refractivity contribution is -0.139. The number of nitrogens with zero attached hydrogens (tertiary/aromatic N) is 1. The molecule has 0 fully saturated rings. The third-order valence-electron chi connectivity index (χ3n) is 2.12. The van der Waals surface area contributed by atoms with Gasteiger partial charge in [0, 0.05) is 20.7 Å². The number of carbonyl (C=O) groups excluding carboxylic acids is 1. The molecule has 1 atom stereocenters. The van der Waals surface area contributed by atoms with Crippen LogP contribution < -0.4 is 0 Å². The lowest BCUT2D eigenvalue weighted by atomic mass is 10.1. The van der Waals surface area contributed by atoms with E-state index in [4.69, 9.17) is 4.74 Å². The van der Waals surface area contributed by atoms with Gasteiger partial charge in [-0.2, -0.15) is 0 Å². The average molecular weight is 187 g/mol. The monoisotopic (exact) mass is 187 g/mol. The van der Waals surface area contributed by atoms with E-state index >= 15 is 0 Å². The van der Waals surface area contributed by atoms with Crippen LogP contribution in [-0.4, -0.2) is 37.6 Å². The molecule has 0 aliphatic rings. The highest BCUT2D eigenvalue weighted by Gasteiger charge is 2.16. The Morgan fingerprint density at radius 3 is 2.31 bits per heavy atom. The summed E-state index contributed by atoms with van der Waals surface area (Å²) in [5, 5.41) is 0. The van der Waals surface area contributed by atoms with E-state index in [-0.39, 0.29) is 12.0 Å². The van der Waals surface area contributed by atoms with Crippen LogP contribution in [0, 0.1) is 5.92 Å². The van der Waals surface area contributed by atoms with Gasteiger partial charge in [-0.15, -0.1) is 0 Å². The van der Waals surface area contributed by atoms with E-state index < -0.39 is 0 Å². The number of amides is 1. The number of rotatable bonds is 5. The van der Waals surface area contributed by atoms with Gasteiger partial charge in [0.15, 0.2) is 0 Å². The summed E-state index contributed by atoms with van der Waals surface area (Å²) >= 11 is 0. The summed E-state index contributed by atoms with van der Waals surface area (Å²) < 4.78 is 4.95. The third kappa shape index (κ3) is 4.88. The van der Waals surface area contributed by atoms with E-state index in [0.29, 0.717) is 5.92 Å². The Labute approximate surface area is 81.1 Å². The van der Waals surface area contributed by atoms with E-state index in [0.717, 1.165) is 13.0 Å². The Hall–Kier alpha value is -0.570. The number of ether oxygens (including phenoxy) is 1. The number of methoxy groups -OCH3 is 1. The highest BCUT2D eigenvalue weighted by atomic mass is 16.5. The third-order valence-corrected chi connectivity index (χ3v) is 2.12. The molecule has 0 aliphatic heterocycles. The van der Waals surface area contributed by atoms with Crippen LogP contribution >= 0.6 is 0 Å². The van der Waals surface area contributed by atoms with Crippen molar-refractivity contribution in [3.63, 3.8) is 0 Å². The molecule has 0 bridgehead atoms. The largest absolute Gasteiger partial charge is 0.372 e. The molecular weight excluding hydrogens is 166 g/mol. The van der Waals surface area contributed by atoms with Gasteiger partial charge in [0.25, 0.3) is 5.91 Å². The van der Waals surface area contributed by atoms with Gasteiger partial charge >= 0.3 is 0 Å². The normalized spacial score (nSPS) is 13.1. The van der Waals surface area contributed by atoms with Gasteiger partial charge in [0.2, 0.25) is 0 Å². The van der Waals surface area contributed by atoms with Gasteiger partial charge in [-0.1, -0.05) is 13.8 Å². The smallest absolute Gasteiger partial charge is 0.251 e. The zero-order valence-corrected chi connectivity index (χ0v) is 9.33. The van der Waals surface area contributed by atoms with Crippen molar-refractivity contribution >= 4 is 5.91 Å². The number of carbonyl (C=O) groups is 1. The first kappa shape index (κ1) is 12.4. The van der Waals surface area contributed by atoms with E-state index in [1.807, 2.05) is 7.05 Å². The fourth-order valence-electron chi connectivity index (χ4n) is 0.973. The van der Waals surface area contributed by atoms with Gasteiger partial charge in [-0.05, 0) is 19.3 Å². The number of likely N-dealkylation sites (N-methyl/N-ethyl adjacent to an activating group) is 1. The molecule has 78 valence electrons. The van der Waals surface area contributed by atoms with Crippen LogP contribution in [0.5, 0.6) is 0 Å². The van der Waals surface area contributed by atoms with Crippen molar-refractivity contribution in [3.8, 4) is 0 Å². The molecule has 1 amide bonds. The summed E-state index contributed by atoms with van der Waals surface area (Å²) in [6.07, 6.45) is 0.718. The minimum Gasteiger partial charge on any atom is -0.372 e. The molecule has 0 heterocycles. The van der Waals surface area contributed by atoms with E-state index in [2.05, 4.69) is 13.8 Å². The molecule has 0 rings (SSSR count). The lowest BCUT2D eigenvalue weighted by Crippen LogP contribution is -2.36. The van der Waals surface area contributed by atoms with Gasteiger partial charge in [-0.3, -0.25) is 4.79 Å². The maximum Gasteiger partial charge on any atom is 0.251 e. The number of hydrogen-bond acceptors (Lipinski definition) is 2. The average Bonchev–Trinajstić information content (AvgIpc) is 2.11. The summed E-state index contributed by atoms with van der Waals surface area (Å²) in [6, 6.07) is 0. The van der Waals surface area contributed by atoms with Crippen LogP contribution in [0.3, 0.4) is 0 Å². The molecule has 3 nitrogen and oxygen atoms in total. The second kappa shape index (κ2) is 5.97. The first-order chi connectivity index (χ1) is 5.99. The molecule has 13 heavy (non-hydrogen) atoms. The second-order valence-corrected chi connectivity index (χ2v) is 3.82. The van der Waals surface area contributed by atoms with E-state index in [1.165, 1.54) is 0 Å². The Morgan fingerprint density at radius 2 is 1.92 bits per heavy atom. The molecule has 3 heteroatoms. The molecule has 0 aromatic carbocycles. The van der Waals surface area contributed by atoms with Crippen molar-refractivity contribution < 1.29 is 9.53 Å². The van der Waals surface area contributed by atoms with Crippen molar-refractivity contribution in [2.45, 2.75) is 33.3 Å². The quantitative estimate of drug-likeness (QED) is 0.653. The molecule has 0 radical (unpaired) electrons. The van der Waals surface area contributed by atoms with Gasteiger partial charge < -0.3 is 9.64 Å². The fraction of sp³-hybridized carbons (Fsp3) is 0.900. The molecule has 0 aliphatic carbocycles. The fourth-order valence-corrected chi connectivity index (χ4v) is 0.973. The highest BCUT2D eigenvalue weighted by Crippen LogP contribution is 2.02. The summed E-state index contributed by atoms with van der Waals surface area (Å²) in [7, 11) is 3.37. The SMILES string of the molecule is COC(C)C(=O)N(C)CCC(C)C. The first-order valence-electron chi connectivity index (χ1n) is 4.76. The first-order valence-corrected chi connectivity index (χ1v) is 4.76. The summed E-state index contributed by atoms with van der Waals surface area (Å²) in [4.78, 5) is 13.2. The van der Waals surface area contributed by atoms with Crippen LogP contribution in [-0.2, 0) is 9.53 Å². The van der Waals surface area contributed by atoms with Crippen LogP contribution in [0.15, 0.2) is 0 Å². The van der Waals surface area contributed by atoms with E-state index in [1.54, 1.807) is 18.9 Å². The van der Waals surface area contributed by atoms with Crippen LogP contribution in [0.1, 0.15) is 27.2 Å². The summed E-state index contributed by atoms with van der Waals surface area (Å²) in [6.45, 7) is 6.88. The highest BCUT2D eigenvalue weighted by molar-refractivity contribution is 5.80. The van der Waals surface area contributed by atoms with Gasteiger partial charge in [0.05, 0.1) is 0 Å². The molecule has 1 unspecified atom stereocenters.